The lowest BCUT2D eigenvalue weighted by atomic mass is 10.1. The van der Waals surface area contributed by atoms with Crippen molar-refractivity contribution in [2.45, 2.75) is 6.54 Å². The van der Waals surface area contributed by atoms with Crippen molar-refractivity contribution in [2.75, 3.05) is 31.1 Å². The van der Waals surface area contributed by atoms with E-state index >= 15 is 0 Å². The van der Waals surface area contributed by atoms with Crippen LogP contribution in [-0.4, -0.2) is 46.5 Å². The Morgan fingerprint density at radius 2 is 1.50 bits per heavy atom. The van der Waals surface area contributed by atoms with Crippen LogP contribution in [0.25, 0.3) is 11.3 Å². The zero-order chi connectivity index (χ0) is 21.1. The maximum absolute atomic E-state index is 12.7. The standard InChI is InChI=1S/C22H20Cl2N4O2/c23-17-3-1-16(2-4-17)20-13-21(29)28(15-25-20)14-22(30)27-11-9-26(10-12-27)19-7-5-18(24)6-8-19/h1-8,13,15H,9-12,14H2. The lowest BCUT2D eigenvalue weighted by Crippen LogP contribution is -2.50. The van der Waals surface area contributed by atoms with Gasteiger partial charge < -0.3 is 9.80 Å². The predicted molar refractivity (Wildman–Crippen MR) is 119 cm³/mol. The zero-order valence-electron chi connectivity index (χ0n) is 16.2. The molecule has 1 aliphatic rings. The maximum atomic E-state index is 12.7. The summed E-state index contributed by atoms with van der Waals surface area (Å²) in [5, 5.41) is 1.32. The Labute approximate surface area is 184 Å². The van der Waals surface area contributed by atoms with E-state index in [0.29, 0.717) is 28.8 Å². The lowest BCUT2D eigenvalue weighted by Gasteiger charge is -2.36. The van der Waals surface area contributed by atoms with Crippen LogP contribution >= 0.6 is 23.2 Å². The smallest absolute Gasteiger partial charge is 0.254 e. The first-order valence-corrected chi connectivity index (χ1v) is 10.4. The Hall–Kier alpha value is -2.83. The number of carbonyl (C=O) groups excluding carboxylic acids is 1. The first-order chi connectivity index (χ1) is 14.5. The quantitative estimate of drug-likeness (QED) is 0.619. The number of piperazine rings is 1. The molecule has 0 unspecified atom stereocenters. The molecule has 0 radical (unpaired) electrons. The normalized spacial score (nSPS) is 14.1. The minimum Gasteiger partial charge on any atom is -0.368 e. The number of halogens is 2. The molecule has 0 spiro atoms. The molecule has 4 rings (SSSR count). The number of hydrogen-bond donors (Lipinski definition) is 0. The van der Waals surface area contributed by atoms with Gasteiger partial charge in [-0.2, -0.15) is 0 Å². The number of benzene rings is 2. The van der Waals surface area contributed by atoms with Crippen molar-refractivity contribution in [1.29, 1.82) is 0 Å². The first-order valence-electron chi connectivity index (χ1n) is 9.60. The van der Waals surface area contributed by atoms with Crippen LogP contribution < -0.4 is 10.5 Å². The molecule has 1 aromatic heterocycles. The number of aromatic nitrogens is 2. The average molecular weight is 443 g/mol. The van der Waals surface area contributed by atoms with E-state index in [0.717, 1.165) is 24.3 Å². The van der Waals surface area contributed by atoms with Crippen LogP contribution in [0.4, 0.5) is 5.69 Å². The molecule has 0 atom stereocenters. The fourth-order valence-electron chi connectivity index (χ4n) is 3.43. The third-order valence-corrected chi connectivity index (χ3v) is 5.65. The summed E-state index contributed by atoms with van der Waals surface area (Å²) in [6, 6.07) is 16.2. The van der Waals surface area contributed by atoms with Gasteiger partial charge in [0.05, 0.1) is 12.0 Å². The van der Waals surface area contributed by atoms with E-state index in [1.807, 2.05) is 24.3 Å². The Kier molecular flexibility index (Phi) is 6.06. The predicted octanol–water partition coefficient (Wildman–Crippen LogP) is 3.57. The molecule has 2 aromatic carbocycles. The molecule has 154 valence electrons. The average Bonchev–Trinajstić information content (AvgIpc) is 2.76. The van der Waals surface area contributed by atoms with Crippen molar-refractivity contribution in [3.05, 3.63) is 81.3 Å². The van der Waals surface area contributed by atoms with E-state index in [4.69, 9.17) is 23.2 Å². The molecule has 0 aliphatic carbocycles. The van der Waals surface area contributed by atoms with Gasteiger partial charge in [0.2, 0.25) is 5.91 Å². The van der Waals surface area contributed by atoms with Crippen LogP contribution in [0, 0.1) is 0 Å². The minimum absolute atomic E-state index is 0.0202. The van der Waals surface area contributed by atoms with E-state index < -0.39 is 0 Å². The molecular formula is C22H20Cl2N4O2. The highest BCUT2D eigenvalue weighted by Crippen LogP contribution is 2.20. The monoisotopic (exact) mass is 442 g/mol. The summed E-state index contributed by atoms with van der Waals surface area (Å²) in [6.45, 7) is 2.65. The second kappa shape index (κ2) is 8.90. The molecule has 8 heteroatoms. The number of nitrogens with zero attached hydrogens (tertiary/aromatic N) is 4. The Bertz CT molecular complexity index is 1090. The molecule has 2 heterocycles. The molecule has 1 saturated heterocycles. The highest BCUT2D eigenvalue weighted by molar-refractivity contribution is 6.30. The van der Waals surface area contributed by atoms with Gasteiger partial charge in [-0.15, -0.1) is 0 Å². The van der Waals surface area contributed by atoms with Gasteiger partial charge in [-0.05, 0) is 36.4 Å². The number of amides is 1. The van der Waals surface area contributed by atoms with Crippen molar-refractivity contribution in [2.24, 2.45) is 0 Å². The Morgan fingerprint density at radius 3 is 2.10 bits per heavy atom. The summed E-state index contributed by atoms with van der Waals surface area (Å²) in [5.41, 5.74) is 2.18. The third kappa shape index (κ3) is 4.66. The van der Waals surface area contributed by atoms with Crippen molar-refractivity contribution in [1.82, 2.24) is 14.5 Å². The van der Waals surface area contributed by atoms with Crippen LogP contribution in [0.15, 0.2) is 65.7 Å². The van der Waals surface area contributed by atoms with Crippen LogP contribution in [-0.2, 0) is 11.3 Å². The molecule has 6 nitrogen and oxygen atoms in total. The topological polar surface area (TPSA) is 58.4 Å². The third-order valence-electron chi connectivity index (χ3n) is 5.15. The van der Waals surface area contributed by atoms with Crippen molar-refractivity contribution >= 4 is 34.8 Å². The molecule has 0 saturated carbocycles. The van der Waals surface area contributed by atoms with Crippen LogP contribution in [0.2, 0.25) is 10.0 Å². The largest absolute Gasteiger partial charge is 0.368 e. The summed E-state index contributed by atoms with van der Waals surface area (Å²) in [4.78, 5) is 33.5. The van der Waals surface area contributed by atoms with Gasteiger partial charge >= 0.3 is 0 Å². The fourth-order valence-corrected chi connectivity index (χ4v) is 3.69. The lowest BCUT2D eigenvalue weighted by molar-refractivity contribution is -0.132. The molecular weight excluding hydrogens is 423 g/mol. The summed E-state index contributed by atoms with van der Waals surface area (Å²) < 4.78 is 1.34. The van der Waals surface area contributed by atoms with E-state index in [9.17, 15) is 9.59 Å². The Balaban J connectivity index is 1.38. The molecule has 30 heavy (non-hydrogen) atoms. The van der Waals surface area contributed by atoms with Crippen molar-refractivity contribution in [3.8, 4) is 11.3 Å². The second-order valence-electron chi connectivity index (χ2n) is 7.09. The van der Waals surface area contributed by atoms with E-state index in [2.05, 4.69) is 9.88 Å². The summed E-state index contributed by atoms with van der Waals surface area (Å²) >= 11 is 11.8. The maximum Gasteiger partial charge on any atom is 0.254 e. The minimum atomic E-state index is -0.261. The zero-order valence-corrected chi connectivity index (χ0v) is 17.7. The number of hydrogen-bond acceptors (Lipinski definition) is 4. The van der Waals surface area contributed by atoms with Crippen LogP contribution in [0.1, 0.15) is 0 Å². The van der Waals surface area contributed by atoms with Gasteiger partial charge in [0, 0.05) is 53.5 Å². The van der Waals surface area contributed by atoms with E-state index in [-0.39, 0.29) is 18.0 Å². The molecule has 1 fully saturated rings. The molecule has 1 amide bonds. The van der Waals surface area contributed by atoms with Crippen LogP contribution in [0.3, 0.4) is 0 Å². The van der Waals surface area contributed by atoms with Gasteiger partial charge in [-0.25, -0.2) is 4.98 Å². The SMILES string of the molecule is O=C(Cn1cnc(-c2ccc(Cl)cc2)cc1=O)N1CCN(c2ccc(Cl)cc2)CC1. The summed E-state index contributed by atoms with van der Waals surface area (Å²) in [5.74, 6) is -0.0890. The summed E-state index contributed by atoms with van der Waals surface area (Å²) in [7, 11) is 0. The Morgan fingerprint density at radius 1 is 0.900 bits per heavy atom. The van der Waals surface area contributed by atoms with Gasteiger partial charge in [0.25, 0.3) is 5.56 Å². The van der Waals surface area contributed by atoms with Crippen molar-refractivity contribution < 1.29 is 4.79 Å². The number of rotatable bonds is 4. The highest BCUT2D eigenvalue weighted by atomic mass is 35.5. The first kappa shape index (κ1) is 20.4. The molecule has 3 aromatic rings. The van der Waals surface area contributed by atoms with Gasteiger partial charge in [-0.3, -0.25) is 14.2 Å². The molecule has 1 aliphatic heterocycles. The van der Waals surface area contributed by atoms with E-state index in [1.165, 1.54) is 17.0 Å². The fraction of sp³-hybridized carbons (Fsp3) is 0.227. The molecule has 0 bridgehead atoms. The van der Waals surface area contributed by atoms with Crippen LogP contribution in [0.5, 0.6) is 0 Å². The van der Waals surface area contributed by atoms with Crippen molar-refractivity contribution in [3.63, 3.8) is 0 Å². The highest BCUT2D eigenvalue weighted by Gasteiger charge is 2.21. The van der Waals surface area contributed by atoms with E-state index in [1.54, 1.807) is 29.2 Å². The van der Waals surface area contributed by atoms with Gasteiger partial charge in [0.1, 0.15) is 6.54 Å². The number of anilines is 1. The van der Waals surface area contributed by atoms with Gasteiger partial charge in [-0.1, -0.05) is 35.3 Å². The van der Waals surface area contributed by atoms with Gasteiger partial charge in [0.15, 0.2) is 0 Å². The number of carbonyl (C=O) groups is 1. The second-order valence-corrected chi connectivity index (χ2v) is 7.96. The summed E-state index contributed by atoms with van der Waals surface area (Å²) in [6.07, 6.45) is 1.42. The molecule has 0 N–H and O–H groups in total.